The maximum absolute atomic E-state index is 15.0. The summed E-state index contributed by atoms with van der Waals surface area (Å²) in [7, 11) is 0. The van der Waals surface area contributed by atoms with Crippen LogP contribution < -0.4 is 0 Å². The van der Waals surface area contributed by atoms with Crippen LogP contribution in [0.25, 0.3) is 0 Å². The fraction of sp³-hybridized carbons (Fsp3) is 0.478. The molecule has 2 spiro atoms. The van der Waals surface area contributed by atoms with Gasteiger partial charge < -0.3 is 9.47 Å². The molecule has 0 radical (unpaired) electrons. The van der Waals surface area contributed by atoms with E-state index in [1.165, 1.54) is 30.7 Å². The Hall–Kier alpha value is -4.20. The fourth-order valence-corrected chi connectivity index (χ4v) is 12.9. The van der Waals surface area contributed by atoms with E-state index in [0.29, 0.717) is 48.6 Å². The van der Waals surface area contributed by atoms with Crippen LogP contribution in [0.2, 0.25) is 0 Å². The van der Waals surface area contributed by atoms with Gasteiger partial charge in [-0.3, -0.25) is 0 Å². The maximum atomic E-state index is 15.0. The normalized spacial score (nSPS) is 34.6. The van der Waals surface area contributed by atoms with E-state index in [9.17, 15) is 35.1 Å². The predicted octanol–water partition coefficient (Wildman–Crippen LogP) is 11.7. The van der Waals surface area contributed by atoms with Crippen molar-refractivity contribution in [3.05, 3.63) is 141 Å². The molecule has 10 fully saturated rings. The quantitative estimate of drug-likeness (QED) is 0.0880. The van der Waals surface area contributed by atoms with Crippen LogP contribution in [0.4, 0.5) is 52.7 Å². The molecular weight excluding hydrogens is 876 g/mol. The fourth-order valence-electron chi connectivity index (χ4n) is 12.9. The van der Waals surface area contributed by atoms with E-state index < -0.39 is 104 Å². The molecule has 4 aromatic rings. The van der Waals surface area contributed by atoms with Gasteiger partial charge >= 0.3 is 0 Å². The number of rotatable bonds is 4. The van der Waals surface area contributed by atoms with Crippen LogP contribution in [0, 0.1) is 117 Å². The molecule has 2 saturated heterocycles. The summed E-state index contributed by atoms with van der Waals surface area (Å²) < 4.78 is 184. The van der Waals surface area contributed by atoms with Gasteiger partial charge in [0.15, 0.2) is 46.5 Å². The van der Waals surface area contributed by atoms with Crippen molar-refractivity contribution >= 4 is 0 Å². The molecule has 8 aliphatic carbocycles. The molecule has 64 heavy (non-hydrogen) atoms. The van der Waals surface area contributed by atoms with Crippen molar-refractivity contribution in [1.82, 2.24) is 0 Å². The van der Waals surface area contributed by atoms with Gasteiger partial charge in [0, 0.05) is 34.8 Å². The molecule has 4 aromatic carbocycles. The van der Waals surface area contributed by atoms with E-state index in [1.54, 1.807) is 24.3 Å². The van der Waals surface area contributed by atoms with Gasteiger partial charge in [-0.1, -0.05) is 24.3 Å². The second-order valence-corrected chi connectivity index (χ2v) is 18.7. The Bertz CT molecular complexity index is 2320. The molecule has 8 bridgehead atoms. The lowest BCUT2D eigenvalue weighted by Gasteiger charge is -2.57. The second-order valence-electron chi connectivity index (χ2n) is 18.7. The third-order valence-electron chi connectivity index (χ3n) is 15.3. The average molecular weight is 913 g/mol. The van der Waals surface area contributed by atoms with Crippen molar-refractivity contribution in [1.29, 1.82) is 0 Å². The molecule has 2 aliphatic heterocycles. The second kappa shape index (κ2) is 14.6. The third-order valence-corrected chi connectivity index (χ3v) is 15.3. The van der Waals surface area contributed by atoms with Crippen LogP contribution in [0.1, 0.15) is 86.5 Å². The molecule has 0 amide bonds. The van der Waals surface area contributed by atoms with Crippen molar-refractivity contribution in [3.63, 3.8) is 0 Å². The van der Waals surface area contributed by atoms with E-state index >= 15 is 17.6 Å². The zero-order chi connectivity index (χ0) is 44.8. The zero-order valence-corrected chi connectivity index (χ0v) is 33.3. The summed E-state index contributed by atoms with van der Waals surface area (Å²) in [4.78, 5) is 22.3. The molecule has 0 aromatic heterocycles. The largest absolute Gasteiger partial charge is 0.304 e. The minimum atomic E-state index is -3.86. The minimum Gasteiger partial charge on any atom is -0.304 e. The van der Waals surface area contributed by atoms with Crippen molar-refractivity contribution in [2.45, 2.75) is 87.4 Å². The van der Waals surface area contributed by atoms with E-state index in [-0.39, 0.29) is 23.5 Å². The zero-order valence-electron chi connectivity index (χ0n) is 33.3. The maximum Gasteiger partial charge on any atom is 0.268 e. The van der Waals surface area contributed by atoms with E-state index in [4.69, 9.17) is 29.0 Å². The first-order valence-electron chi connectivity index (χ1n) is 21.2. The van der Waals surface area contributed by atoms with Gasteiger partial charge in [0.2, 0.25) is 23.2 Å². The number of hydrogen-bond donors (Lipinski definition) is 0. The first-order valence-corrected chi connectivity index (χ1v) is 21.2. The summed E-state index contributed by atoms with van der Waals surface area (Å²) in [6, 6.07) is 12.1. The lowest BCUT2D eigenvalue weighted by atomic mass is 9.53. The Morgan fingerprint density at radius 1 is 0.312 bits per heavy atom. The van der Waals surface area contributed by atoms with Gasteiger partial charge in [-0.2, -0.15) is 19.6 Å². The predicted molar refractivity (Wildman–Crippen MR) is 193 cm³/mol. The Balaban J connectivity index is 0.000000147. The molecule has 18 heteroatoms. The number of benzene rings is 4. The smallest absolute Gasteiger partial charge is 0.268 e. The third kappa shape index (κ3) is 5.90. The molecule has 10 aliphatic rings. The highest BCUT2D eigenvalue weighted by molar-refractivity contribution is 5.41. The first-order chi connectivity index (χ1) is 30.5. The van der Waals surface area contributed by atoms with Gasteiger partial charge in [-0.15, -0.1) is 0 Å². The number of halogens is 12. The van der Waals surface area contributed by atoms with Crippen LogP contribution in [0.3, 0.4) is 0 Å². The van der Waals surface area contributed by atoms with Crippen LogP contribution >= 0.6 is 0 Å². The summed E-state index contributed by atoms with van der Waals surface area (Å²) in [5.41, 5.74) is -2.92. The molecule has 2 heterocycles. The highest BCUT2D eigenvalue weighted by Gasteiger charge is 2.71. The molecular formula is C46H36F12O6. The summed E-state index contributed by atoms with van der Waals surface area (Å²) in [6.07, 6.45) is 8.26. The molecule has 340 valence electrons. The van der Waals surface area contributed by atoms with Crippen LogP contribution in [0.5, 0.6) is 0 Å². The molecule has 0 N–H and O–H groups in total. The van der Waals surface area contributed by atoms with Gasteiger partial charge in [-0.25, -0.2) is 52.7 Å². The number of ether oxygens (including phenoxy) is 2. The molecule has 8 saturated carbocycles. The van der Waals surface area contributed by atoms with E-state index in [2.05, 4.69) is 0 Å². The molecule has 0 unspecified atom stereocenters. The van der Waals surface area contributed by atoms with Crippen molar-refractivity contribution in [2.75, 3.05) is 0 Å². The van der Waals surface area contributed by atoms with Crippen molar-refractivity contribution in [2.24, 2.45) is 47.3 Å². The van der Waals surface area contributed by atoms with Crippen LogP contribution in [-0.4, -0.2) is 11.6 Å². The summed E-state index contributed by atoms with van der Waals surface area (Å²) in [5.74, 6) is -33.4. The Kier molecular flexibility index (Phi) is 9.71. The highest BCUT2D eigenvalue weighted by Crippen LogP contribution is 2.66. The van der Waals surface area contributed by atoms with Crippen LogP contribution in [-0.2, 0) is 40.6 Å². The summed E-state index contributed by atoms with van der Waals surface area (Å²) in [6.45, 7) is 0. The van der Waals surface area contributed by atoms with Crippen molar-refractivity contribution in [3.8, 4) is 0 Å². The first kappa shape index (κ1) is 42.4. The lowest BCUT2D eigenvalue weighted by Crippen LogP contribution is -2.59. The van der Waals surface area contributed by atoms with Crippen molar-refractivity contribution < 1.29 is 81.7 Å². The highest BCUT2D eigenvalue weighted by atomic mass is 19.2. The Morgan fingerprint density at radius 3 is 0.891 bits per heavy atom. The molecule has 0 atom stereocenters. The van der Waals surface area contributed by atoms with Gasteiger partial charge in [-0.05, 0) is 112 Å². The van der Waals surface area contributed by atoms with E-state index in [1.807, 2.05) is 0 Å². The average Bonchev–Trinajstić information content (AvgIpc) is 3.88. The molecule has 6 nitrogen and oxygen atoms in total. The van der Waals surface area contributed by atoms with Gasteiger partial charge in [0.1, 0.15) is 11.6 Å². The SMILES string of the molecule is Fc1c(F)c(F)c(C2(c3c(F)c(F)c(F)c(F)c3F)OOC3(O2)C2CC4CC(C2)CC3C4)c(F)c1F.Fc1ccc(C2(c3ccc(F)cc3)OOC3(O2)C2CC4CC(C2)CC3C4)cc1. The van der Waals surface area contributed by atoms with Gasteiger partial charge in [0.05, 0.1) is 11.1 Å². The summed E-state index contributed by atoms with van der Waals surface area (Å²) >= 11 is 0. The monoisotopic (exact) mass is 912 g/mol. The van der Waals surface area contributed by atoms with Crippen LogP contribution in [0.15, 0.2) is 48.5 Å². The summed E-state index contributed by atoms with van der Waals surface area (Å²) in [5, 5.41) is 0. The lowest BCUT2D eigenvalue weighted by molar-refractivity contribution is -0.387. The van der Waals surface area contributed by atoms with E-state index in [0.717, 1.165) is 43.9 Å². The Labute approximate surface area is 356 Å². The Morgan fingerprint density at radius 2 is 0.578 bits per heavy atom. The topological polar surface area (TPSA) is 55.4 Å². The minimum absolute atomic E-state index is 0.198. The van der Waals surface area contributed by atoms with Gasteiger partial charge in [0.25, 0.3) is 11.6 Å². The standard InChI is InChI=1S/C23H14F10O3.C23H22F2O3/c24-12-10(13(25)17(29)20(32)16(12)28)23(11-14(26)18(30)21(33)19(31)15(11)27)34-22(35-36-23)8-2-6-1-7(4-8)5-9(22)3-6;24-20-5-1-16(2-6-20)22(17-3-7-21(25)8-4-17)26-23(28-27-22)18-10-14-9-15(12-18)13-19(23)11-14/h6-9H,1-5H2;1-8,14-15,18-19H,9-13H2. The molecule has 14 rings (SSSR count). The number of hydrogen-bond acceptors (Lipinski definition) is 6.